The van der Waals surface area contributed by atoms with Gasteiger partial charge in [0.15, 0.2) is 0 Å². The summed E-state index contributed by atoms with van der Waals surface area (Å²) in [5.74, 6) is 0.168. The van der Waals surface area contributed by atoms with Crippen LogP contribution >= 0.6 is 11.6 Å². The Morgan fingerprint density at radius 3 is 2.32 bits per heavy atom. The first-order chi connectivity index (χ1) is 16.3. The van der Waals surface area contributed by atoms with Crippen molar-refractivity contribution in [1.29, 1.82) is 0 Å². The van der Waals surface area contributed by atoms with Crippen molar-refractivity contribution in [1.82, 2.24) is 9.29 Å². The number of halogens is 1. The number of nitrogens with one attached hydrogen (secondary N) is 1. The Morgan fingerprint density at radius 2 is 1.65 bits per heavy atom. The van der Waals surface area contributed by atoms with Gasteiger partial charge >= 0.3 is 0 Å². The molecule has 174 valence electrons. The number of hydrogen-bond donors (Lipinski definition) is 1. The number of amides is 1. The number of carbonyl (C=O) groups is 1. The zero-order chi connectivity index (χ0) is 24.1. The summed E-state index contributed by atoms with van der Waals surface area (Å²) in [6.45, 7) is 1.41. The second-order valence-corrected chi connectivity index (χ2v) is 9.93. The Hall–Kier alpha value is -3.46. The number of oxazole rings is 1. The lowest BCUT2D eigenvalue weighted by molar-refractivity contribution is -0.114. The van der Waals surface area contributed by atoms with Crippen LogP contribution in [0.3, 0.4) is 0 Å². The predicted molar refractivity (Wildman–Crippen MR) is 131 cm³/mol. The lowest BCUT2D eigenvalue weighted by Gasteiger charge is -2.22. The van der Waals surface area contributed by atoms with E-state index in [4.69, 9.17) is 16.0 Å². The van der Waals surface area contributed by atoms with Crippen molar-refractivity contribution in [2.24, 2.45) is 0 Å². The van der Waals surface area contributed by atoms with Gasteiger partial charge in [-0.2, -0.15) is 4.31 Å². The van der Waals surface area contributed by atoms with Crippen molar-refractivity contribution < 1.29 is 17.6 Å². The second kappa shape index (κ2) is 10.2. The Morgan fingerprint density at radius 1 is 0.971 bits per heavy atom. The van der Waals surface area contributed by atoms with Crippen molar-refractivity contribution in [2.75, 3.05) is 5.32 Å². The van der Waals surface area contributed by atoms with Crippen LogP contribution in [0.5, 0.6) is 0 Å². The molecule has 4 aromatic rings. The molecule has 1 heterocycles. The summed E-state index contributed by atoms with van der Waals surface area (Å²) < 4.78 is 34.1. The van der Waals surface area contributed by atoms with Crippen molar-refractivity contribution in [3.05, 3.63) is 101 Å². The molecule has 4 rings (SSSR count). The number of nitrogens with zero attached hydrogens (tertiary/aromatic N) is 2. The van der Waals surface area contributed by atoms with Gasteiger partial charge in [0, 0.05) is 29.7 Å². The molecule has 1 amide bonds. The van der Waals surface area contributed by atoms with Crippen LogP contribution in [0.25, 0.3) is 11.5 Å². The standard InChI is InChI=1S/C25H22ClN3O4S/c1-18(30)27-21-11-13-23(14-12-21)34(31,32)29(15-20-9-5-6-10-24(20)26)16-22-17-33-25(28-22)19-7-3-2-4-8-19/h2-14,17H,15-16H2,1H3,(H,27,30). The quantitative estimate of drug-likeness (QED) is 0.356. The van der Waals surface area contributed by atoms with Gasteiger partial charge < -0.3 is 9.73 Å². The van der Waals surface area contributed by atoms with Gasteiger partial charge in [-0.1, -0.05) is 48.0 Å². The molecular formula is C25H22ClN3O4S. The number of benzene rings is 3. The minimum Gasteiger partial charge on any atom is -0.444 e. The highest BCUT2D eigenvalue weighted by molar-refractivity contribution is 7.89. The van der Waals surface area contributed by atoms with Crippen LogP contribution in [0.4, 0.5) is 5.69 Å². The van der Waals surface area contributed by atoms with Crippen molar-refractivity contribution in [3.8, 4) is 11.5 Å². The number of carbonyl (C=O) groups excluding carboxylic acids is 1. The molecule has 0 fully saturated rings. The van der Waals surface area contributed by atoms with Crippen molar-refractivity contribution >= 4 is 33.2 Å². The third kappa shape index (κ3) is 5.53. The second-order valence-electron chi connectivity index (χ2n) is 7.58. The molecule has 0 aliphatic rings. The largest absolute Gasteiger partial charge is 0.444 e. The lowest BCUT2D eigenvalue weighted by atomic mass is 10.2. The van der Waals surface area contributed by atoms with Gasteiger partial charge in [-0.25, -0.2) is 13.4 Å². The van der Waals surface area contributed by atoms with Gasteiger partial charge in [-0.3, -0.25) is 4.79 Å². The maximum absolute atomic E-state index is 13.6. The molecule has 0 saturated carbocycles. The molecule has 0 unspecified atom stereocenters. The summed E-state index contributed by atoms with van der Waals surface area (Å²) in [5, 5.41) is 3.10. The van der Waals surface area contributed by atoms with Crippen LogP contribution in [-0.2, 0) is 27.9 Å². The van der Waals surface area contributed by atoms with Gasteiger partial charge in [0.25, 0.3) is 0 Å². The molecule has 34 heavy (non-hydrogen) atoms. The van der Waals surface area contributed by atoms with Gasteiger partial charge in [-0.05, 0) is 48.0 Å². The van der Waals surface area contributed by atoms with E-state index in [1.165, 1.54) is 29.6 Å². The molecule has 1 N–H and O–H groups in total. The van der Waals surface area contributed by atoms with Crippen LogP contribution in [0, 0.1) is 0 Å². The van der Waals surface area contributed by atoms with E-state index in [-0.39, 0.29) is 23.9 Å². The van der Waals surface area contributed by atoms with E-state index in [1.54, 1.807) is 36.4 Å². The summed E-state index contributed by atoms with van der Waals surface area (Å²) in [6.07, 6.45) is 1.46. The Labute approximate surface area is 203 Å². The minimum absolute atomic E-state index is 0.0165. The Bertz CT molecular complexity index is 1390. The molecule has 0 radical (unpaired) electrons. The number of rotatable bonds is 8. The Kier molecular flexibility index (Phi) is 7.12. The third-order valence-electron chi connectivity index (χ3n) is 5.03. The first-order valence-electron chi connectivity index (χ1n) is 10.4. The molecule has 0 saturated heterocycles. The topological polar surface area (TPSA) is 92.5 Å². The van der Waals surface area contributed by atoms with Crippen LogP contribution in [0.15, 0.2) is 94.4 Å². The Balaban J connectivity index is 1.66. The fraction of sp³-hybridized carbons (Fsp3) is 0.120. The summed E-state index contributed by atoms with van der Waals surface area (Å²) in [4.78, 5) is 15.8. The zero-order valence-electron chi connectivity index (χ0n) is 18.3. The average Bonchev–Trinajstić information content (AvgIpc) is 3.29. The molecule has 0 aliphatic carbocycles. The highest BCUT2D eigenvalue weighted by atomic mass is 35.5. The van der Waals surface area contributed by atoms with E-state index in [1.807, 2.05) is 30.3 Å². The van der Waals surface area contributed by atoms with Crippen LogP contribution in [0.1, 0.15) is 18.2 Å². The van der Waals surface area contributed by atoms with E-state index < -0.39 is 10.0 Å². The SMILES string of the molecule is CC(=O)Nc1ccc(S(=O)(=O)N(Cc2coc(-c3ccccc3)n2)Cc2ccccc2Cl)cc1. The molecule has 1 aromatic heterocycles. The number of sulfonamides is 1. The van der Waals surface area contributed by atoms with E-state index in [9.17, 15) is 13.2 Å². The fourth-order valence-corrected chi connectivity index (χ4v) is 4.96. The molecule has 0 aliphatic heterocycles. The van der Waals surface area contributed by atoms with Gasteiger partial charge in [-0.15, -0.1) is 0 Å². The monoisotopic (exact) mass is 495 g/mol. The van der Waals surface area contributed by atoms with Crippen molar-refractivity contribution in [2.45, 2.75) is 24.9 Å². The number of aromatic nitrogens is 1. The van der Waals surface area contributed by atoms with E-state index in [0.717, 1.165) is 5.56 Å². The molecule has 0 spiro atoms. The first kappa shape index (κ1) is 23.7. The maximum Gasteiger partial charge on any atom is 0.243 e. The molecular weight excluding hydrogens is 474 g/mol. The van der Waals surface area contributed by atoms with Crippen LogP contribution < -0.4 is 5.32 Å². The fourth-order valence-electron chi connectivity index (χ4n) is 3.38. The van der Waals surface area contributed by atoms with Crippen LogP contribution in [0.2, 0.25) is 5.02 Å². The summed E-state index contributed by atoms with van der Waals surface area (Å²) >= 11 is 6.32. The summed E-state index contributed by atoms with van der Waals surface area (Å²) in [5.41, 5.74) is 2.43. The smallest absolute Gasteiger partial charge is 0.243 e. The number of anilines is 1. The average molecular weight is 496 g/mol. The zero-order valence-corrected chi connectivity index (χ0v) is 19.9. The summed E-state index contributed by atoms with van der Waals surface area (Å²) in [6, 6.07) is 22.5. The van der Waals surface area contributed by atoms with Gasteiger partial charge in [0.1, 0.15) is 6.26 Å². The lowest BCUT2D eigenvalue weighted by Crippen LogP contribution is -2.30. The highest BCUT2D eigenvalue weighted by Crippen LogP contribution is 2.26. The first-order valence-corrected chi connectivity index (χ1v) is 12.3. The summed E-state index contributed by atoms with van der Waals surface area (Å²) in [7, 11) is -3.93. The molecule has 3 aromatic carbocycles. The van der Waals surface area contributed by atoms with E-state index in [2.05, 4.69) is 10.3 Å². The number of hydrogen-bond acceptors (Lipinski definition) is 5. The van der Waals surface area contributed by atoms with E-state index >= 15 is 0 Å². The normalized spacial score (nSPS) is 11.5. The van der Waals surface area contributed by atoms with Crippen LogP contribution in [-0.4, -0.2) is 23.6 Å². The molecule has 7 nitrogen and oxygen atoms in total. The van der Waals surface area contributed by atoms with Crippen molar-refractivity contribution in [3.63, 3.8) is 0 Å². The van der Waals surface area contributed by atoms with Gasteiger partial charge in [0.05, 0.1) is 17.1 Å². The molecule has 9 heteroatoms. The highest BCUT2D eigenvalue weighted by Gasteiger charge is 2.27. The minimum atomic E-state index is -3.93. The van der Waals surface area contributed by atoms with E-state index in [0.29, 0.717) is 27.9 Å². The third-order valence-corrected chi connectivity index (χ3v) is 7.20. The maximum atomic E-state index is 13.6. The predicted octanol–water partition coefficient (Wildman–Crippen LogP) is 5.34. The molecule has 0 atom stereocenters. The van der Waals surface area contributed by atoms with Gasteiger partial charge in [0.2, 0.25) is 21.8 Å². The molecule has 0 bridgehead atoms.